The number of rotatable bonds is 2. The van der Waals surface area contributed by atoms with Crippen LogP contribution in [0.15, 0.2) is 11.3 Å². The summed E-state index contributed by atoms with van der Waals surface area (Å²) in [5, 5.41) is 30.3. The van der Waals surface area contributed by atoms with Gasteiger partial charge in [-0.2, -0.15) is 15.8 Å². The number of hydrogen-bond acceptors (Lipinski definition) is 4. The van der Waals surface area contributed by atoms with Crippen LogP contribution in [0.3, 0.4) is 0 Å². The third-order valence-electron chi connectivity index (χ3n) is 5.01. The topological polar surface area (TPSA) is 83.4 Å². The largest absolute Gasteiger partial charge is 0.369 e. The summed E-state index contributed by atoms with van der Waals surface area (Å²) in [5.41, 5.74) is 0.0591. The van der Waals surface area contributed by atoms with Crippen LogP contribution in [0.5, 0.6) is 0 Å². The molecule has 96 valence electrons. The molecule has 0 aromatic rings. The Morgan fingerprint density at radius 1 is 0.842 bits per heavy atom. The van der Waals surface area contributed by atoms with Crippen LogP contribution >= 0.6 is 0 Å². The molecule has 0 aromatic heterocycles. The summed E-state index contributed by atoms with van der Waals surface area (Å²) in [4.78, 5) is 0. The van der Waals surface area contributed by atoms with Gasteiger partial charge < -0.3 is 5.32 Å². The van der Waals surface area contributed by atoms with E-state index in [1.807, 2.05) is 18.2 Å². The lowest BCUT2D eigenvalue weighted by Gasteiger charge is -2.57. The van der Waals surface area contributed by atoms with E-state index in [9.17, 15) is 5.26 Å². The molecule has 0 aliphatic heterocycles. The standard InChI is InChI=1S/C15H16N4/c16-7-13(8-17)14(9-18)19-15-4-10-1-11(5-15)3-12(2-10)6-15/h10-12,19H,1-6H2. The summed E-state index contributed by atoms with van der Waals surface area (Å²) < 4.78 is 0. The molecular weight excluding hydrogens is 236 g/mol. The third kappa shape index (κ3) is 1.96. The fourth-order valence-corrected chi connectivity index (χ4v) is 4.81. The van der Waals surface area contributed by atoms with Crippen molar-refractivity contribution in [2.45, 2.75) is 44.1 Å². The van der Waals surface area contributed by atoms with Gasteiger partial charge in [-0.15, -0.1) is 0 Å². The molecule has 4 saturated carbocycles. The van der Waals surface area contributed by atoms with Crippen LogP contribution < -0.4 is 5.32 Å². The van der Waals surface area contributed by atoms with E-state index in [1.165, 1.54) is 19.3 Å². The van der Waals surface area contributed by atoms with E-state index in [-0.39, 0.29) is 16.8 Å². The molecule has 0 radical (unpaired) electrons. The zero-order chi connectivity index (χ0) is 13.5. The first-order valence-electron chi connectivity index (χ1n) is 6.91. The highest BCUT2D eigenvalue weighted by Gasteiger charge is 2.51. The lowest BCUT2D eigenvalue weighted by Crippen LogP contribution is -2.58. The maximum Gasteiger partial charge on any atom is 0.163 e. The molecular formula is C15H16N4. The molecule has 0 saturated heterocycles. The molecule has 4 aliphatic rings. The average Bonchev–Trinajstić information content (AvgIpc) is 2.37. The molecule has 4 nitrogen and oxygen atoms in total. The van der Waals surface area contributed by atoms with Crippen molar-refractivity contribution in [3.05, 3.63) is 11.3 Å². The van der Waals surface area contributed by atoms with Gasteiger partial charge >= 0.3 is 0 Å². The second-order valence-corrected chi connectivity index (χ2v) is 6.41. The van der Waals surface area contributed by atoms with E-state index >= 15 is 0 Å². The van der Waals surface area contributed by atoms with E-state index < -0.39 is 0 Å². The maximum absolute atomic E-state index is 9.19. The van der Waals surface area contributed by atoms with E-state index in [4.69, 9.17) is 10.5 Å². The summed E-state index contributed by atoms with van der Waals surface area (Å²) in [6.07, 6.45) is 7.26. The number of nitrogens with zero attached hydrogens (tertiary/aromatic N) is 3. The molecule has 4 aliphatic carbocycles. The highest BCUT2D eigenvalue weighted by atomic mass is 15.0. The Morgan fingerprint density at radius 2 is 1.32 bits per heavy atom. The van der Waals surface area contributed by atoms with E-state index in [0.717, 1.165) is 37.0 Å². The monoisotopic (exact) mass is 252 g/mol. The lowest BCUT2D eigenvalue weighted by atomic mass is 9.53. The van der Waals surface area contributed by atoms with Gasteiger partial charge in [-0.3, -0.25) is 0 Å². The van der Waals surface area contributed by atoms with Gasteiger partial charge in [0.2, 0.25) is 0 Å². The predicted octanol–water partition coefficient (Wildman–Crippen LogP) is 2.37. The molecule has 0 spiro atoms. The average molecular weight is 252 g/mol. The van der Waals surface area contributed by atoms with Crippen molar-refractivity contribution < 1.29 is 0 Å². The van der Waals surface area contributed by atoms with E-state index in [2.05, 4.69) is 5.32 Å². The highest BCUT2D eigenvalue weighted by Crippen LogP contribution is 2.55. The molecule has 0 unspecified atom stereocenters. The summed E-state index contributed by atoms with van der Waals surface area (Å²) in [6, 6.07) is 5.64. The van der Waals surface area contributed by atoms with Crippen molar-refractivity contribution in [1.82, 2.24) is 5.32 Å². The number of nitriles is 3. The molecule has 4 fully saturated rings. The smallest absolute Gasteiger partial charge is 0.163 e. The molecule has 19 heavy (non-hydrogen) atoms. The van der Waals surface area contributed by atoms with Gasteiger partial charge in [0.1, 0.15) is 23.9 Å². The normalized spacial score (nSPS) is 37.8. The number of allylic oxidation sites excluding steroid dienone is 2. The van der Waals surface area contributed by atoms with Crippen LogP contribution in [-0.4, -0.2) is 5.54 Å². The predicted molar refractivity (Wildman–Crippen MR) is 67.9 cm³/mol. The molecule has 0 atom stereocenters. The van der Waals surface area contributed by atoms with Gasteiger partial charge in [0.25, 0.3) is 0 Å². The first-order valence-corrected chi connectivity index (χ1v) is 6.91. The van der Waals surface area contributed by atoms with E-state index in [1.54, 1.807) is 0 Å². The second-order valence-electron chi connectivity index (χ2n) is 6.41. The van der Waals surface area contributed by atoms with Crippen molar-refractivity contribution in [1.29, 1.82) is 15.8 Å². The zero-order valence-electron chi connectivity index (χ0n) is 10.8. The van der Waals surface area contributed by atoms with Gasteiger partial charge in [-0.1, -0.05) is 0 Å². The Hall–Kier alpha value is -1.99. The van der Waals surface area contributed by atoms with Crippen molar-refractivity contribution in [2.75, 3.05) is 0 Å². The van der Waals surface area contributed by atoms with Crippen molar-refractivity contribution in [3.8, 4) is 18.2 Å². The van der Waals surface area contributed by atoms with Crippen molar-refractivity contribution in [2.24, 2.45) is 17.8 Å². The Kier molecular flexibility index (Phi) is 2.72. The van der Waals surface area contributed by atoms with Gasteiger partial charge in [0.05, 0.1) is 0 Å². The minimum atomic E-state index is -0.0850. The van der Waals surface area contributed by atoms with Gasteiger partial charge in [0, 0.05) is 5.54 Å². The van der Waals surface area contributed by atoms with Crippen molar-refractivity contribution in [3.63, 3.8) is 0 Å². The molecule has 4 heteroatoms. The van der Waals surface area contributed by atoms with Crippen LogP contribution in [0.2, 0.25) is 0 Å². The first kappa shape index (κ1) is 12.1. The Bertz CT molecular complexity index is 501. The summed E-state index contributed by atoms with van der Waals surface area (Å²) in [5.74, 6) is 2.31. The first-order chi connectivity index (χ1) is 9.18. The number of hydrogen-bond donors (Lipinski definition) is 1. The second kappa shape index (κ2) is 4.29. The quantitative estimate of drug-likeness (QED) is 0.765. The fourth-order valence-electron chi connectivity index (χ4n) is 4.81. The minimum Gasteiger partial charge on any atom is -0.369 e. The van der Waals surface area contributed by atoms with E-state index in [0.29, 0.717) is 0 Å². The Balaban J connectivity index is 1.88. The minimum absolute atomic E-state index is 0.0290. The van der Waals surface area contributed by atoms with Crippen LogP contribution in [0, 0.1) is 51.7 Å². The summed E-state index contributed by atoms with van der Waals surface area (Å²) >= 11 is 0. The van der Waals surface area contributed by atoms with Crippen LogP contribution in [0.25, 0.3) is 0 Å². The SMILES string of the molecule is N#CC(C#N)=C(C#N)NC12CC3CC(CC(C3)C1)C2. The zero-order valence-corrected chi connectivity index (χ0v) is 10.8. The molecule has 0 heterocycles. The van der Waals surface area contributed by atoms with Gasteiger partial charge in [-0.25, -0.2) is 0 Å². The molecule has 0 aromatic carbocycles. The van der Waals surface area contributed by atoms with Crippen LogP contribution in [-0.2, 0) is 0 Å². The van der Waals surface area contributed by atoms with Crippen LogP contribution in [0.4, 0.5) is 0 Å². The lowest BCUT2D eigenvalue weighted by molar-refractivity contribution is -0.0141. The summed E-state index contributed by atoms with van der Waals surface area (Å²) in [7, 11) is 0. The van der Waals surface area contributed by atoms with Crippen molar-refractivity contribution >= 4 is 0 Å². The maximum atomic E-state index is 9.19. The Labute approximate surface area is 113 Å². The fraction of sp³-hybridized carbons (Fsp3) is 0.667. The molecule has 0 amide bonds. The van der Waals surface area contributed by atoms with Crippen LogP contribution in [0.1, 0.15) is 38.5 Å². The summed E-state index contributed by atoms with van der Waals surface area (Å²) in [6.45, 7) is 0. The third-order valence-corrected chi connectivity index (χ3v) is 5.01. The highest BCUT2D eigenvalue weighted by molar-refractivity contribution is 5.45. The molecule has 4 rings (SSSR count). The van der Waals surface area contributed by atoms with Gasteiger partial charge in [-0.05, 0) is 56.3 Å². The van der Waals surface area contributed by atoms with Gasteiger partial charge in [0.15, 0.2) is 5.57 Å². The molecule has 1 N–H and O–H groups in total. The molecule has 4 bridgehead atoms. The Morgan fingerprint density at radius 3 is 1.68 bits per heavy atom. The number of nitrogens with one attached hydrogen (secondary N) is 1.